The fourth-order valence-corrected chi connectivity index (χ4v) is 2.22. The van der Waals surface area contributed by atoms with Crippen LogP contribution in [0.1, 0.15) is 23.2 Å². The minimum atomic E-state index is -0.930. The summed E-state index contributed by atoms with van der Waals surface area (Å²) in [6, 6.07) is 3.16. The number of carboxylic acid groups (broad SMARTS) is 1. The Hall–Kier alpha value is -2.11. The van der Waals surface area contributed by atoms with Gasteiger partial charge in [0.25, 0.3) is 5.91 Å². The summed E-state index contributed by atoms with van der Waals surface area (Å²) in [5.74, 6) is -3.04. The number of phenols is 1. The molecule has 1 aromatic rings. The zero-order valence-corrected chi connectivity index (χ0v) is 10.2. The molecule has 1 aromatic carbocycles. The van der Waals surface area contributed by atoms with Crippen molar-refractivity contribution in [2.75, 3.05) is 13.1 Å². The number of piperidine rings is 1. The third kappa shape index (κ3) is 2.83. The van der Waals surface area contributed by atoms with Gasteiger partial charge in [-0.15, -0.1) is 0 Å². The van der Waals surface area contributed by atoms with Crippen molar-refractivity contribution < 1.29 is 24.2 Å². The first-order chi connectivity index (χ1) is 8.99. The van der Waals surface area contributed by atoms with Gasteiger partial charge in [-0.2, -0.15) is 0 Å². The van der Waals surface area contributed by atoms with Gasteiger partial charge < -0.3 is 15.1 Å². The van der Waals surface area contributed by atoms with E-state index in [1.54, 1.807) is 0 Å². The molecule has 2 rings (SSSR count). The smallest absolute Gasteiger partial charge is 0.308 e. The fraction of sp³-hybridized carbons (Fsp3) is 0.385. The number of nitrogens with zero attached hydrogens (tertiary/aromatic N) is 1. The van der Waals surface area contributed by atoms with Crippen LogP contribution >= 0.6 is 0 Å². The van der Waals surface area contributed by atoms with Crippen LogP contribution in [0.4, 0.5) is 4.39 Å². The summed E-state index contributed by atoms with van der Waals surface area (Å²) in [7, 11) is 0. The molecular formula is C13H14FNO4. The van der Waals surface area contributed by atoms with Crippen LogP contribution in [0.5, 0.6) is 5.75 Å². The lowest BCUT2D eigenvalue weighted by Crippen LogP contribution is -2.42. The largest absolute Gasteiger partial charge is 0.507 e. The van der Waals surface area contributed by atoms with Gasteiger partial charge in [-0.3, -0.25) is 9.59 Å². The molecule has 1 aliphatic rings. The van der Waals surface area contributed by atoms with Crippen LogP contribution in [0.2, 0.25) is 0 Å². The molecule has 5 nitrogen and oxygen atoms in total. The van der Waals surface area contributed by atoms with Crippen LogP contribution in [-0.2, 0) is 4.79 Å². The number of aliphatic carboxylic acids is 1. The Labute approximate surface area is 109 Å². The molecule has 0 unspecified atom stereocenters. The number of likely N-dealkylation sites (tertiary alicyclic amines) is 1. The summed E-state index contributed by atoms with van der Waals surface area (Å²) < 4.78 is 12.9. The van der Waals surface area contributed by atoms with Crippen LogP contribution in [-0.4, -0.2) is 40.1 Å². The first kappa shape index (κ1) is 13.3. The van der Waals surface area contributed by atoms with Crippen molar-refractivity contribution in [3.8, 4) is 5.75 Å². The molecule has 1 amide bonds. The average molecular weight is 267 g/mol. The number of amides is 1. The van der Waals surface area contributed by atoms with Crippen LogP contribution < -0.4 is 0 Å². The molecule has 0 aromatic heterocycles. The molecule has 6 heteroatoms. The number of phenolic OH excluding ortho intramolecular Hbond substituents is 1. The second-order valence-electron chi connectivity index (χ2n) is 4.59. The standard InChI is InChI=1S/C13H14FNO4/c14-9-3-4-10(11(16)6-9)12(17)15-5-1-2-8(7-15)13(18)19/h3-4,6,8,16H,1-2,5,7H2,(H,18,19)/t8-/m0/s1. The van der Waals surface area contributed by atoms with Crippen molar-refractivity contribution >= 4 is 11.9 Å². The number of carbonyl (C=O) groups is 2. The van der Waals surface area contributed by atoms with E-state index in [1.165, 1.54) is 11.0 Å². The highest BCUT2D eigenvalue weighted by Crippen LogP contribution is 2.23. The van der Waals surface area contributed by atoms with Crippen LogP contribution in [0.25, 0.3) is 0 Å². The predicted octanol–water partition coefficient (Wildman–Crippen LogP) is 1.47. The van der Waals surface area contributed by atoms with Gasteiger partial charge >= 0.3 is 5.97 Å². The molecule has 0 saturated carbocycles. The zero-order valence-electron chi connectivity index (χ0n) is 10.2. The van der Waals surface area contributed by atoms with Crippen molar-refractivity contribution in [1.82, 2.24) is 4.90 Å². The SMILES string of the molecule is O=C(O)[C@H]1CCCN(C(=O)c2ccc(F)cc2O)C1. The molecule has 2 N–H and O–H groups in total. The van der Waals surface area contributed by atoms with E-state index < -0.39 is 29.4 Å². The lowest BCUT2D eigenvalue weighted by Gasteiger charge is -2.30. The van der Waals surface area contributed by atoms with Gasteiger partial charge in [-0.05, 0) is 25.0 Å². The molecule has 0 aliphatic carbocycles. The Morgan fingerprint density at radius 3 is 2.74 bits per heavy atom. The Bertz CT molecular complexity index is 517. The molecular weight excluding hydrogens is 253 g/mol. The van der Waals surface area contributed by atoms with Gasteiger partial charge in [0.05, 0.1) is 11.5 Å². The van der Waals surface area contributed by atoms with Gasteiger partial charge in [0.1, 0.15) is 11.6 Å². The van der Waals surface area contributed by atoms with E-state index in [9.17, 15) is 19.1 Å². The van der Waals surface area contributed by atoms with E-state index >= 15 is 0 Å². The number of carboxylic acids is 1. The van der Waals surface area contributed by atoms with Crippen molar-refractivity contribution in [3.63, 3.8) is 0 Å². The lowest BCUT2D eigenvalue weighted by atomic mass is 9.97. The summed E-state index contributed by atoms with van der Waals surface area (Å²) in [4.78, 5) is 24.5. The second kappa shape index (κ2) is 5.26. The Kier molecular flexibility index (Phi) is 3.69. The maximum absolute atomic E-state index is 12.9. The number of aromatic hydroxyl groups is 1. The van der Waals surface area contributed by atoms with Gasteiger partial charge in [0, 0.05) is 19.2 Å². The summed E-state index contributed by atoms with van der Waals surface area (Å²) in [5, 5.41) is 18.5. The maximum atomic E-state index is 12.9. The number of hydrogen-bond donors (Lipinski definition) is 2. The van der Waals surface area contributed by atoms with E-state index in [0.717, 1.165) is 12.1 Å². The van der Waals surface area contributed by atoms with Crippen molar-refractivity contribution in [2.45, 2.75) is 12.8 Å². The van der Waals surface area contributed by atoms with Crippen LogP contribution in [0.15, 0.2) is 18.2 Å². The van der Waals surface area contributed by atoms with E-state index in [0.29, 0.717) is 19.4 Å². The van der Waals surface area contributed by atoms with Gasteiger partial charge in [-0.25, -0.2) is 4.39 Å². The first-order valence-electron chi connectivity index (χ1n) is 5.99. The zero-order chi connectivity index (χ0) is 14.0. The topological polar surface area (TPSA) is 77.8 Å². The van der Waals surface area contributed by atoms with Crippen molar-refractivity contribution in [1.29, 1.82) is 0 Å². The molecule has 0 spiro atoms. The molecule has 1 atom stereocenters. The van der Waals surface area contributed by atoms with E-state index in [1.807, 2.05) is 0 Å². The number of carbonyl (C=O) groups excluding carboxylic acids is 1. The molecule has 19 heavy (non-hydrogen) atoms. The minimum Gasteiger partial charge on any atom is -0.507 e. The Balaban J connectivity index is 2.17. The highest BCUT2D eigenvalue weighted by atomic mass is 19.1. The summed E-state index contributed by atoms with van der Waals surface area (Å²) >= 11 is 0. The van der Waals surface area contributed by atoms with Crippen molar-refractivity contribution in [3.05, 3.63) is 29.6 Å². The molecule has 1 saturated heterocycles. The monoisotopic (exact) mass is 267 g/mol. The van der Waals surface area contributed by atoms with Gasteiger partial charge in [0.2, 0.25) is 0 Å². The molecule has 1 fully saturated rings. The number of rotatable bonds is 2. The van der Waals surface area contributed by atoms with Crippen molar-refractivity contribution in [2.24, 2.45) is 5.92 Å². The first-order valence-corrected chi connectivity index (χ1v) is 5.99. The van der Waals surface area contributed by atoms with E-state index in [4.69, 9.17) is 5.11 Å². The van der Waals surface area contributed by atoms with Gasteiger partial charge in [-0.1, -0.05) is 0 Å². The quantitative estimate of drug-likeness (QED) is 0.850. The normalized spacial score (nSPS) is 19.2. The molecule has 1 heterocycles. The predicted molar refractivity (Wildman–Crippen MR) is 64.3 cm³/mol. The maximum Gasteiger partial charge on any atom is 0.308 e. The minimum absolute atomic E-state index is 0.00700. The Morgan fingerprint density at radius 2 is 2.11 bits per heavy atom. The third-order valence-corrected chi connectivity index (χ3v) is 3.25. The summed E-state index contributed by atoms with van der Waals surface area (Å²) in [6.07, 6.45) is 1.14. The van der Waals surface area contributed by atoms with E-state index in [2.05, 4.69) is 0 Å². The van der Waals surface area contributed by atoms with E-state index in [-0.39, 0.29) is 12.1 Å². The molecule has 0 bridgehead atoms. The molecule has 102 valence electrons. The Morgan fingerprint density at radius 1 is 1.37 bits per heavy atom. The van der Waals surface area contributed by atoms with Crippen LogP contribution in [0.3, 0.4) is 0 Å². The summed E-state index contributed by atoms with van der Waals surface area (Å²) in [5.41, 5.74) is -0.00700. The van der Waals surface area contributed by atoms with Gasteiger partial charge in [0.15, 0.2) is 0 Å². The fourth-order valence-electron chi connectivity index (χ4n) is 2.22. The molecule has 0 radical (unpaired) electrons. The number of benzene rings is 1. The lowest BCUT2D eigenvalue weighted by molar-refractivity contribution is -0.143. The highest BCUT2D eigenvalue weighted by molar-refractivity contribution is 5.97. The highest BCUT2D eigenvalue weighted by Gasteiger charge is 2.29. The average Bonchev–Trinajstić information content (AvgIpc) is 2.38. The summed E-state index contributed by atoms with van der Waals surface area (Å²) in [6.45, 7) is 0.560. The second-order valence-corrected chi connectivity index (χ2v) is 4.59. The van der Waals surface area contributed by atoms with Crippen LogP contribution in [0, 0.1) is 11.7 Å². The number of hydrogen-bond acceptors (Lipinski definition) is 3. The number of halogens is 1. The molecule has 1 aliphatic heterocycles. The third-order valence-electron chi connectivity index (χ3n) is 3.25.